The summed E-state index contributed by atoms with van der Waals surface area (Å²) < 4.78 is 43.8. The average Bonchev–Trinajstić information content (AvgIpc) is 3.14. The van der Waals surface area contributed by atoms with Gasteiger partial charge in [-0.1, -0.05) is 44.5 Å². The molecule has 1 fully saturated rings. The van der Waals surface area contributed by atoms with Crippen LogP contribution in [0.15, 0.2) is 30.3 Å². The maximum Gasteiger partial charge on any atom is 0.321 e. The number of hydrogen-bond donors (Lipinski definition) is 3. The van der Waals surface area contributed by atoms with Gasteiger partial charge in [0.25, 0.3) is 0 Å². The topological polar surface area (TPSA) is 78.4 Å². The Hall–Kier alpha value is -2.58. The predicted octanol–water partition coefficient (Wildman–Crippen LogP) is 4.59. The minimum Gasteiger partial charge on any atom is -0.480 e. The number of benzene rings is 2. The lowest BCUT2D eigenvalue weighted by molar-refractivity contribution is -0.139. The van der Waals surface area contributed by atoms with E-state index in [1.54, 1.807) is 0 Å². The first-order valence-corrected chi connectivity index (χ1v) is 10.5. The molecule has 170 valence electrons. The summed E-state index contributed by atoms with van der Waals surface area (Å²) in [6, 6.07) is 3.54. The molecule has 1 spiro atoms. The van der Waals surface area contributed by atoms with Gasteiger partial charge in [0.2, 0.25) is 5.91 Å². The molecule has 2 aliphatic heterocycles. The molecule has 0 saturated carbocycles. The largest absolute Gasteiger partial charge is 0.480 e. The van der Waals surface area contributed by atoms with Crippen molar-refractivity contribution in [3.8, 4) is 0 Å². The van der Waals surface area contributed by atoms with Gasteiger partial charge >= 0.3 is 5.97 Å². The Kier molecular flexibility index (Phi) is 5.29. The second-order valence-corrected chi connectivity index (χ2v) is 9.96. The van der Waals surface area contributed by atoms with Crippen LogP contribution in [0.4, 0.5) is 18.9 Å². The Bertz CT molecular complexity index is 1130. The van der Waals surface area contributed by atoms with Crippen LogP contribution in [0.5, 0.6) is 0 Å². The fraction of sp³-hybridized carbons (Fsp3) is 0.391. The number of fused-ring (bicyclic) bond motifs is 2. The van der Waals surface area contributed by atoms with Crippen molar-refractivity contribution in [2.45, 2.75) is 50.6 Å². The van der Waals surface area contributed by atoms with Gasteiger partial charge in [0.05, 0.1) is 5.02 Å². The number of anilines is 1. The molecule has 1 saturated heterocycles. The summed E-state index contributed by atoms with van der Waals surface area (Å²) in [4.78, 5) is 25.9. The van der Waals surface area contributed by atoms with Gasteiger partial charge < -0.3 is 10.4 Å². The number of amides is 1. The number of hydrogen-bond acceptors (Lipinski definition) is 3. The van der Waals surface area contributed by atoms with Gasteiger partial charge in [-0.05, 0) is 41.2 Å². The number of nitrogens with one attached hydrogen (secondary N) is 2. The van der Waals surface area contributed by atoms with Gasteiger partial charge in [-0.2, -0.15) is 0 Å². The molecule has 1 unspecified atom stereocenters. The predicted molar refractivity (Wildman–Crippen MR) is 113 cm³/mol. The molecule has 0 aliphatic carbocycles. The number of rotatable bonds is 3. The van der Waals surface area contributed by atoms with Gasteiger partial charge in [-0.3, -0.25) is 14.9 Å². The third kappa shape index (κ3) is 3.28. The molecule has 9 heteroatoms. The van der Waals surface area contributed by atoms with Crippen molar-refractivity contribution in [2.24, 2.45) is 5.41 Å². The van der Waals surface area contributed by atoms with Crippen LogP contribution in [-0.4, -0.2) is 29.1 Å². The van der Waals surface area contributed by atoms with Gasteiger partial charge in [-0.15, -0.1) is 0 Å². The normalized spacial score (nSPS) is 27.0. The van der Waals surface area contributed by atoms with E-state index in [1.165, 1.54) is 18.2 Å². The van der Waals surface area contributed by atoms with Crippen molar-refractivity contribution < 1.29 is 27.9 Å². The van der Waals surface area contributed by atoms with E-state index in [-0.39, 0.29) is 27.3 Å². The molecule has 0 aromatic heterocycles. The maximum atomic E-state index is 15.0. The van der Waals surface area contributed by atoms with Gasteiger partial charge in [0, 0.05) is 17.6 Å². The number of carboxylic acids is 1. The first kappa shape index (κ1) is 22.6. The van der Waals surface area contributed by atoms with Crippen LogP contribution in [0.3, 0.4) is 0 Å². The van der Waals surface area contributed by atoms with E-state index in [1.807, 2.05) is 20.8 Å². The van der Waals surface area contributed by atoms with Crippen molar-refractivity contribution in [3.05, 3.63) is 63.9 Å². The molecule has 32 heavy (non-hydrogen) atoms. The minimum atomic E-state index is -1.70. The lowest BCUT2D eigenvalue weighted by Crippen LogP contribution is -2.49. The summed E-state index contributed by atoms with van der Waals surface area (Å²) in [6.45, 7) is 5.72. The second-order valence-electron chi connectivity index (χ2n) is 9.56. The highest BCUT2D eigenvalue weighted by Gasteiger charge is 2.66. The zero-order valence-corrected chi connectivity index (χ0v) is 18.4. The third-order valence-corrected chi connectivity index (χ3v) is 6.57. The van der Waals surface area contributed by atoms with Crippen LogP contribution in [0.25, 0.3) is 0 Å². The number of halogens is 4. The van der Waals surface area contributed by atoms with Crippen molar-refractivity contribution in [3.63, 3.8) is 0 Å². The summed E-state index contributed by atoms with van der Waals surface area (Å²) in [5, 5.41) is 15.4. The average molecular weight is 467 g/mol. The van der Waals surface area contributed by atoms with Crippen LogP contribution in [0.1, 0.15) is 44.2 Å². The zero-order valence-electron chi connectivity index (χ0n) is 17.6. The molecular formula is C23H22ClF3N2O3. The lowest BCUT2D eigenvalue weighted by atomic mass is 9.62. The molecule has 0 bridgehead atoms. The fourth-order valence-corrected chi connectivity index (χ4v) is 5.31. The lowest BCUT2D eigenvalue weighted by Gasteiger charge is -2.37. The second kappa shape index (κ2) is 7.49. The number of carbonyl (C=O) groups is 2. The first-order chi connectivity index (χ1) is 14.9. The summed E-state index contributed by atoms with van der Waals surface area (Å²) >= 11 is 5.91. The standard InChI is InChI=1S/C23H22ClF3N2O3/c1-22(2,3)9-16-23(11-7-14(26)12(24)8-15(11)28-21(23)32)17(19(29-16)20(30)31)10-5-4-6-13(25)18(10)27/h4-8,16-17,19,29H,9H2,1-3H3,(H,28,32)(H,30,31)/t16-,17-,19+,23?/m0/s1. The molecule has 2 aromatic rings. The third-order valence-electron chi connectivity index (χ3n) is 6.28. The van der Waals surface area contributed by atoms with Crippen LogP contribution >= 0.6 is 11.6 Å². The van der Waals surface area contributed by atoms with Crippen LogP contribution < -0.4 is 10.6 Å². The summed E-state index contributed by atoms with van der Waals surface area (Å²) in [5.41, 5.74) is -1.96. The van der Waals surface area contributed by atoms with Crippen molar-refractivity contribution in [2.75, 3.05) is 5.32 Å². The van der Waals surface area contributed by atoms with Crippen LogP contribution in [-0.2, 0) is 15.0 Å². The van der Waals surface area contributed by atoms with Crippen LogP contribution in [0.2, 0.25) is 5.02 Å². The Morgan fingerprint density at radius 2 is 1.88 bits per heavy atom. The maximum absolute atomic E-state index is 15.0. The highest BCUT2D eigenvalue weighted by Crippen LogP contribution is 2.57. The smallest absolute Gasteiger partial charge is 0.321 e. The number of carboxylic acid groups (broad SMARTS) is 1. The number of carbonyl (C=O) groups excluding carboxylic acids is 1. The van der Waals surface area contributed by atoms with E-state index in [4.69, 9.17) is 11.6 Å². The van der Waals surface area contributed by atoms with E-state index in [0.717, 1.165) is 12.1 Å². The fourth-order valence-electron chi connectivity index (χ4n) is 5.15. The molecular weight excluding hydrogens is 445 g/mol. The van der Waals surface area contributed by atoms with Crippen molar-refractivity contribution in [1.82, 2.24) is 5.32 Å². The SMILES string of the molecule is CC(C)(C)C[C@@H]1N[C@@H](C(=O)O)[C@H](c2cccc(F)c2F)C12C(=O)Nc1cc(Cl)c(F)cc12. The van der Waals surface area contributed by atoms with Gasteiger partial charge in [0.15, 0.2) is 11.6 Å². The Morgan fingerprint density at radius 3 is 2.50 bits per heavy atom. The summed E-state index contributed by atoms with van der Waals surface area (Å²) in [6.07, 6.45) is 0.307. The quantitative estimate of drug-likeness (QED) is 0.618. The molecule has 0 radical (unpaired) electrons. The van der Waals surface area contributed by atoms with E-state index < -0.39 is 52.7 Å². The molecule has 1 amide bonds. The van der Waals surface area contributed by atoms with Crippen LogP contribution in [0, 0.1) is 22.9 Å². The minimum absolute atomic E-state index is 0.170. The number of aliphatic carboxylic acids is 1. The van der Waals surface area contributed by atoms with Gasteiger partial charge in [0.1, 0.15) is 17.3 Å². The Balaban J connectivity index is 2.06. The molecule has 4 rings (SSSR count). The summed E-state index contributed by atoms with van der Waals surface area (Å²) in [5.74, 6) is -6.49. The molecule has 3 N–H and O–H groups in total. The summed E-state index contributed by atoms with van der Waals surface area (Å²) in [7, 11) is 0. The van der Waals surface area contributed by atoms with Gasteiger partial charge in [-0.25, -0.2) is 13.2 Å². The highest BCUT2D eigenvalue weighted by atomic mass is 35.5. The van der Waals surface area contributed by atoms with E-state index in [9.17, 15) is 23.5 Å². The zero-order chi connectivity index (χ0) is 23.6. The molecule has 2 aromatic carbocycles. The Morgan fingerprint density at radius 1 is 1.19 bits per heavy atom. The van der Waals surface area contributed by atoms with Crippen molar-refractivity contribution in [1.29, 1.82) is 0 Å². The molecule has 2 aliphatic rings. The molecule has 2 heterocycles. The highest BCUT2D eigenvalue weighted by molar-refractivity contribution is 6.31. The Labute approximate surface area is 188 Å². The van der Waals surface area contributed by atoms with E-state index >= 15 is 4.39 Å². The van der Waals surface area contributed by atoms with Crippen molar-refractivity contribution >= 4 is 29.2 Å². The first-order valence-electron chi connectivity index (χ1n) is 10.1. The molecule has 5 nitrogen and oxygen atoms in total. The van der Waals surface area contributed by atoms with E-state index in [0.29, 0.717) is 6.42 Å². The monoisotopic (exact) mass is 466 g/mol. The molecule has 4 atom stereocenters. The van der Waals surface area contributed by atoms with E-state index in [2.05, 4.69) is 10.6 Å².